The van der Waals surface area contributed by atoms with E-state index in [1.807, 2.05) is 6.07 Å². The minimum Gasteiger partial charge on any atom is -0.0622 e. The van der Waals surface area contributed by atoms with Gasteiger partial charge in [0.1, 0.15) is 0 Å². The van der Waals surface area contributed by atoms with E-state index in [9.17, 15) is 0 Å². The van der Waals surface area contributed by atoms with Crippen molar-refractivity contribution in [2.75, 3.05) is 0 Å². The average molecular weight is 1470 g/mol. The molecule has 0 unspecified atom stereocenters. The maximum atomic E-state index is 2.26. The first-order chi connectivity index (χ1) is 56.1. The summed E-state index contributed by atoms with van der Waals surface area (Å²) in [5.41, 5.74) is 38.6. The third-order valence-corrected chi connectivity index (χ3v) is 20.4. The van der Waals surface area contributed by atoms with Gasteiger partial charge in [-0.1, -0.05) is 490 Å². The van der Waals surface area contributed by atoms with Crippen LogP contribution in [0.5, 0.6) is 0 Å². The molecule has 0 fully saturated rings. The molecule has 18 aromatic carbocycles. The van der Waals surface area contributed by atoms with Crippen LogP contribution in [0.2, 0.25) is 0 Å². The largest absolute Gasteiger partial charge is 0.0622 e. The molecule has 0 heteroatoms. The van der Waals surface area contributed by atoms with E-state index in [4.69, 9.17) is 0 Å². The van der Waals surface area contributed by atoms with Gasteiger partial charge < -0.3 is 0 Å². The summed E-state index contributed by atoms with van der Waals surface area (Å²) in [6.07, 6.45) is 0. The zero-order valence-corrected chi connectivity index (χ0v) is 66.0. The molecule has 0 nitrogen and oxygen atoms in total. The van der Waals surface area contributed by atoms with E-state index in [1.54, 1.807) is 0 Å². The van der Waals surface area contributed by atoms with E-state index in [2.05, 4.69) is 509 Å². The molecule has 0 saturated carbocycles. The van der Waals surface area contributed by atoms with Crippen molar-refractivity contribution in [2.45, 2.75) is 41.5 Å². The molecule has 0 heterocycles. The van der Waals surface area contributed by atoms with Crippen LogP contribution in [0.25, 0.3) is 134 Å². The first kappa shape index (κ1) is 78.1. The normalized spacial score (nSPS) is 10.4. The van der Waals surface area contributed by atoms with Crippen LogP contribution in [0.15, 0.2) is 473 Å². The van der Waals surface area contributed by atoms with Gasteiger partial charge in [0.15, 0.2) is 0 Å². The SMILES string of the molecule is Cc1ccc(-c2ccccc2)c(-c2ccccc2)c1.Cc1ccc(-c2ccccc2-c2ccccc2)cc1.Cc1cccc(-c2ccccc2)c1-c1ccccc1.Cc1cccc(-c2ccccc2-c2ccccc2)c1.Cc1ccccc1-c1ccc(-c2ccccc2)cc1.Cc1ccccc1-c1ccccc1-c1ccccc1. The summed E-state index contributed by atoms with van der Waals surface area (Å²) in [5, 5.41) is 0. The third kappa shape index (κ3) is 20.9. The Kier molecular flexibility index (Phi) is 27.4. The summed E-state index contributed by atoms with van der Waals surface area (Å²) in [7, 11) is 0. The Labute approximate surface area is 677 Å². The molecule has 0 aliphatic carbocycles. The van der Waals surface area contributed by atoms with Crippen LogP contribution in [0, 0.1) is 41.5 Å². The van der Waals surface area contributed by atoms with E-state index in [-0.39, 0.29) is 0 Å². The summed E-state index contributed by atoms with van der Waals surface area (Å²) >= 11 is 0. The molecule has 0 N–H and O–H groups in total. The van der Waals surface area contributed by atoms with Gasteiger partial charge in [-0.3, -0.25) is 0 Å². The van der Waals surface area contributed by atoms with E-state index in [1.165, 1.54) is 167 Å². The van der Waals surface area contributed by atoms with Gasteiger partial charge in [0.25, 0.3) is 0 Å². The maximum Gasteiger partial charge on any atom is -0.00761 e. The highest BCUT2D eigenvalue weighted by Gasteiger charge is 2.14. The van der Waals surface area contributed by atoms with E-state index in [0.29, 0.717) is 0 Å². The smallest absolute Gasteiger partial charge is 0.00761 e. The molecule has 0 bridgehead atoms. The summed E-state index contributed by atoms with van der Waals surface area (Å²) in [6, 6.07) is 167. The highest BCUT2D eigenvalue weighted by molar-refractivity contribution is 5.89. The average Bonchev–Trinajstić information content (AvgIpc) is 0.802. The van der Waals surface area contributed by atoms with Gasteiger partial charge in [0.2, 0.25) is 0 Å². The lowest BCUT2D eigenvalue weighted by atomic mass is 9.91. The lowest BCUT2D eigenvalue weighted by molar-refractivity contribution is 1.45. The minimum atomic E-state index is 1.26. The lowest BCUT2D eigenvalue weighted by Gasteiger charge is -2.13. The molecular formula is C114H96. The second kappa shape index (κ2) is 40.1. The third-order valence-electron chi connectivity index (χ3n) is 20.4. The van der Waals surface area contributed by atoms with Gasteiger partial charge in [-0.05, 0) is 192 Å². The molecule has 552 valence electrons. The standard InChI is InChI=1S/6C19H16/c1-15-9-8-14-18(16-10-4-2-5-11-16)19(15)17-12-6-3-7-13-17;1-15-12-13-18(16-8-4-2-5-9-16)19(14-15)17-10-6-3-7-11-17;1-15-9-5-6-12-17(15)19-14-8-7-13-18(19)16-10-3-2-4-11-16;1-15-8-7-11-17(14-15)19-13-6-5-12-18(19)16-9-3-2-4-10-16;1-15-7-5-6-10-19(15)18-13-11-17(12-14-18)16-8-3-2-4-9-16;1-15-11-13-17(14-12-15)19-10-6-5-9-18(19)16-7-3-2-4-8-16/h6*2-14H,1H3. The van der Waals surface area contributed by atoms with Crippen LogP contribution in [-0.2, 0) is 0 Å². The Hall–Kier alpha value is -14.0. The van der Waals surface area contributed by atoms with Crippen LogP contribution in [0.3, 0.4) is 0 Å². The van der Waals surface area contributed by atoms with Gasteiger partial charge >= 0.3 is 0 Å². The Morgan fingerprint density at radius 3 is 0.763 bits per heavy atom. The fraction of sp³-hybridized carbons (Fsp3) is 0.0526. The molecular weight excluding hydrogens is 1370 g/mol. The first-order valence-corrected chi connectivity index (χ1v) is 39.4. The molecule has 18 aromatic rings. The summed E-state index contributed by atoms with van der Waals surface area (Å²) in [6.45, 7) is 12.9. The molecule has 114 heavy (non-hydrogen) atoms. The van der Waals surface area contributed by atoms with Gasteiger partial charge in [-0.15, -0.1) is 0 Å². The summed E-state index contributed by atoms with van der Waals surface area (Å²) < 4.78 is 0. The number of rotatable bonds is 12. The predicted molar refractivity (Wildman–Crippen MR) is 492 cm³/mol. The molecule has 0 atom stereocenters. The van der Waals surface area contributed by atoms with Gasteiger partial charge in [0.05, 0.1) is 0 Å². The summed E-state index contributed by atoms with van der Waals surface area (Å²) in [4.78, 5) is 0. The van der Waals surface area contributed by atoms with E-state index in [0.717, 1.165) is 0 Å². The van der Waals surface area contributed by atoms with Crippen molar-refractivity contribution in [2.24, 2.45) is 0 Å². The second-order valence-corrected chi connectivity index (χ2v) is 28.6. The number of hydrogen-bond donors (Lipinski definition) is 0. The zero-order chi connectivity index (χ0) is 78.5. The Bertz CT molecular complexity index is 5910. The zero-order valence-electron chi connectivity index (χ0n) is 66.0. The number of benzene rings is 18. The monoisotopic (exact) mass is 1460 g/mol. The fourth-order valence-electron chi connectivity index (χ4n) is 14.5. The topological polar surface area (TPSA) is 0 Å². The molecule has 0 radical (unpaired) electrons. The summed E-state index contributed by atoms with van der Waals surface area (Å²) in [5.74, 6) is 0. The van der Waals surface area contributed by atoms with Crippen molar-refractivity contribution in [3.05, 3.63) is 507 Å². The molecule has 0 aliphatic rings. The molecule has 18 rings (SSSR count). The van der Waals surface area contributed by atoms with Gasteiger partial charge in [-0.2, -0.15) is 0 Å². The maximum absolute atomic E-state index is 2.26. The van der Waals surface area contributed by atoms with Crippen LogP contribution < -0.4 is 0 Å². The Morgan fingerprint density at radius 1 is 0.105 bits per heavy atom. The van der Waals surface area contributed by atoms with Crippen molar-refractivity contribution < 1.29 is 0 Å². The van der Waals surface area contributed by atoms with Crippen LogP contribution >= 0.6 is 0 Å². The highest BCUT2D eigenvalue weighted by atomic mass is 14.2. The fourth-order valence-corrected chi connectivity index (χ4v) is 14.5. The van der Waals surface area contributed by atoms with E-state index >= 15 is 0 Å². The van der Waals surface area contributed by atoms with Crippen LogP contribution in [0.1, 0.15) is 33.4 Å². The van der Waals surface area contributed by atoms with Crippen LogP contribution in [-0.4, -0.2) is 0 Å². The quantitative estimate of drug-likeness (QED) is 0.114. The molecule has 0 saturated heterocycles. The number of aryl methyl sites for hydroxylation is 6. The Morgan fingerprint density at radius 2 is 0.342 bits per heavy atom. The molecule has 0 spiro atoms. The van der Waals surface area contributed by atoms with Crippen molar-refractivity contribution in [1.82, 2.24) is 0 Å². The van der Waals surface area contributed by atoms with Crippen molar-refractivity contribution >= 4 is 0 Å². The van der Waals surface area contributed by atoms with Crippen LogP contribution in [0.4, 0.5) is 0 Å². The van der Waals surface area contributed by atoms with Gasteiger partial charge in [-0.25, -0.2) is 0 Å². The predicted octanol–water partition coefficient (Wildman–Crippen LogP) is 32.0. The van der Waals surface area contributed by atoms with Crippen molar-refractivity contribution in [3.63, 3.8) is 0 Å². The van der Waals surface area contributed by atoms with Crippen molar-refractivity contribution in [1.29, 1.82) is 0 Å². The lowest BCUT2D eigenvalue weighted by Crippen LogP contribution is -1.88. The first-order valence-electron chi connectivity index (χ1n) is 39.4. The Balaban J connectivity index is 0.000000119. The number of hydrogen-bond acceptors (Lipinski definition) is 0. The van der Waals surface area contributed by atoms with Gasteiger partial charge in [0, 0.05) is 0 Å². The minimum absolute atomic E-state index is 1.26. The van der Waals surface area contributed by atoms with E-state index < -0.39 is 0 Å². The second-order valence-electron chi connectivity index (χ2n) is 28.6. The highest BCUT2D eigenvalue weighted by Crippen LogP contribution is 2.39. The molecule has 0 amide bonds. The molecule has 0 aliphatic heterocycles. The van der Waals surface area contributed by atoms with Crippen molar-refractivity contribution in [3.8, 4) is 134 Å². The molecule has 0 aromatic heterocycles.